The van der Waals surface area contributed by atoms with Crippen LogP contribution in [0.3, 0.4) is 0 Å². The van der Waals surface area contributed by atoms with Crippen LogP contribution in [0.15, 0.2) is 18.3 Å². The fourth-order valence-electron chi connectivity index (χ4n) is 1.79. The van der Waals surface area contributed by atoms with Gasteiger partial charge in [0, 0.05) is 25.4 Å². The normalized spacial score (nSPS) is 20.7. The van der Waals surface area contributed by atoms with E-state index < -0.39 is 0 Å². The fourth-order valence-corrected chi connectivity index (χ4v) is 1.79. The second-order valence-electron chi connectivity index (χ2n) is 3.99. The first-order chi connectivity index (χ1) is 7.88. The van der Waals surface area contributed by atoms with Crippen molar-refractivity contribution in [3.05, 3.63) is 24.0 Å². The first kappa shape index (κ1) is 11.4. The van der Waals surface area contributed by atoms with E-state index in [1.54, 1.807) is 6.20 Å². The van der Waals surface area contributed by atoms with E-state index in [4.69, 9.17) is 15.2 Å². The van der Waals surface area contributed by atoms with Gasteiger partial charge in [0.25, 0.3) is 0 Å². The van der Waals surface area contributed by atoms with Crippen LogP contribution in [0.1, 0.15) is 25.0 Å². The third-order valence-corrected chi connectivity index (χ3v) is 2.71. The second-order valence-corrected chi connectivity index (χ2v) is 3.99. The van der Waals surface area contributed by atoms with Gasteiger partial charge in [-0.15, -0.1) is 0 Å². The zero-order chi connectivity index (χ0) is 11.2. The molecular formula is C12H18N2O2. The molecule has 1 aromatic heterocycles. The summed E-state index contributed by atoms with van der Waals surface area (Å²) in [4.78, 5) is 4.12. The molecule has 1 atom stereocenters. The van der Waals surface area contributed by atoms with Crippen molar-refractivity contribution in [1.82, 2.24) is 4.98 Å². The van der Waals surface area contributed by atoms with Crippen LogP contribution in [-0.4, -0.2) is 24.3 Å². The largest absolute Gasteiger partial charge is 0.491 e. The predicted octanol–water partition coefficient (Wildman–Crippen LogP) is 1.49. The van der Waals surface area contributed by atoms with Gasteiger partial charge in [-0.1, -0.05) is 0 Å². The van der Waals surface area contributed by atoms with Crippen LogP contribution in [0.2, 0.25) is 0 Å². The summed E-state index contributed by atoms with van der Waals surface area (Å²) in [7, 11) is 0. The summed E-state index contributed by atoms with van der Waals surface area (Å²) in [5.74, 6) is 0.824. The SMILES string of the molecule is NCc1cc(OCC2CCCCO2)ccn1. The molecule has 2 rings (SSSR count). The maximum absolute atomic E-state index is 5.67. The van der Waals surface area contributed by atoms with E-state index in [-0.39, 0.29) is 6.10 Å². The van der Waals surface area contributed by atoms with Gasteiger partial charge in [0.1, 0.15) is 12.4 Å². The summed E-state index contributed by atoms with van der Waals surface area (Å²) in [6.45, 7) is 1.92. The Morgan fingerprint density at radius 3 is 3.19 bits per heavy atom. The fraction of sp³-hybridized carbons (Fsp3) is 0.583. The molecule has 4 heteroatoms. The van der Waals surface area contributed by atoms with E-state index >= 15 is 0 Å². The number of pyridine rings is 1. The topological polar surface area (TPSA) is 57.4 Å². The average Bonchev–Trinajstić information content (AvgIpc) is 2.38. The number of ether oxygens (including phenoxy) is 2. The molecule has 0 saturated carbocycles. The summed E-state index contributed by atoms with van der Waals surface area (Å²) < 4.78 is 11.3. The Bertz CT molecular complexity index is 325. The third kappa shape index (κ3) is 3.18. The van der Waals surface area contributed by atoms with E-state index in [1.165, 1.54) is 12.8 Å². The lowest BCUT2D eigenvalue weighted by Crippen LogP contribution is -2.25. The van der Waals surface area contributed by atoms with Crippen LogP contribution in [-0.2, 0) is 11.3 Å². The smallest absolute Gasteiger partial charge is 0.122 e. The van der Waals surface area contributed by atoms with Gasteiger partial charge >= 0.3 is 0 Å². The molecule has 0 aliphatic carbocycles. The van der Waals surface area contributed by atoms with Crippen LogP contribution in [0, 0.1) is 0 Å². The van der Waals surface area contributed by atoms with E-state index in [1.807, 2.05) is 12.1 Å². The van der Waals surface area contributed by atoms with Crippen molar-refractivity contribution < 1.29 is 9.47 Å². The van der Waals surface area contributed by atoms with Crippen molar-refractivity contribution in [2.75, 3.05) is 13.2 Å². The van der Waals surface area contributed by atoms with Gasteiger partial charge in [-0.25, -0.2) is 0 Å². The minimum Gasteiger partial charge on any atom is -0.491 e. The Morgan fingerprint density at radius 1 is 1.50 bits per heavy atom. The van der Waals surface area contributed by atoms with Crippen LogP contribution in [0.4, 0.5) is 0 Å². The molecule has 1 aromatic rings. The number of hydrogen-bond donors (Lipinski definition) is 1. The van der Waals surface area contributed by atoms with Crippen molar-refractivity contribution in [1.29, 1.82) is 0 Å². The minimum absolute atomic E-state index is 0.239. The number of hydrogen-bond acceptors (Lipinski definition) is 4. The van der Waals surface area contributed by atoms with Gasteiger partial charge in [0.2, 0.25) is 0 Å². The molecule has 2 heterocycles. The van der Waals surface area contributed by atoms with E-state index in [9.17, 15) is 0 Å². The summed E-state index contributed by atoms with van der Waals surface area (Å²) in [5.41, 5.74) is 6.36. The molecule has 0 amide bonds. The first-order valence-corrected chi connectivity index (χ1v) is 5.78. The van der Waals surface area contributed by atoms with Gasteiger partial charge in [-0.2, -0.15) is 0 Å². The molecule has 1 unspecified atom stereocenters. The lowest BCUT2D eigenvalue weighted by atomic mass is 10.1. The number of rotatable bonds is 4. The van der Waals surface area contributed by atoms with Gasteiger partial charge in [-0.05, 0) is 25.3 Å². The van der Waals surface area contributed by atoms with E-state index in [2.05, 4.69) is 4.98 Å². The summed E-state index contributed by atoms with van der Waals surface area (Å²) in [6, 6.07) is 3.73. The van der Waals surface area contributed by atoms with Crippen molar-refractivity contribution in [3.63, 3.8) is 0 Å². The predicted molar refractivity (Wildman–Crippen MR) is 61.2 cm³/mol. The maximum atomic E-state index is 5.67. The van der Waals surface area contributed by atoms with Gasteiger partial charge < -0.3 is 15.2 Å². The number of nitrogens with two attached hydrogens (primary N) is 1. The van der Waals surface area contributed by atoms with Gasteiger partial charge in [-0.3, -0.25) is 4.98 Å². The van der Waals surface area contributed by atoms with Crippen LogP contribution >= 0.6 is 0 Å². The molecular weight excluding hydrogens is 204 g/mol. The number of aromatic nitrogens is 1. The van der Waals surface area contributed by atoms with Crippen molar-refractivity contribution in [3.8, 4) is 5.75 Å². The van der Waals surface area contributed by atoms with Crippen LogP contribution < -0.4 is 10.5 Å². The van der Waals surface area contributed by atoms with Crippen molar-refractivity contribution in [2.24, 2.45) is 5.73 Å². The zero-order valence-corrected chi connectivity index (χ0v) is 9.39. The highest BCUT2D eigenvalue weighted by Gasteiger charge is 2.14. The van der Waals surface area contributed by atoms with E-state index in [0.29, 0.717) is 13.2 Å². The second kappa shape index (κ2) is 5.82. The Labute approximate surface area is 95.8 Å². The molecule has 1 fully saturated rings. The molecule has 0 bridgehead atoms. The molecule has 0 aromatic carbocycles. The third-order valence-electron chi connectivity index (χ3n) is 2.71. The molecule has 0 spiro atoms. The molecule has 16 heavy (non-hydrogen) atoms. The first-order valence-electron chi connectivity index (χ1n) is 5.78. The quantitative estimate of drug-likeness (QED) is 0.838. The van der Waals surface area contributed by atoms with E-state index in [0.717, 1.165) is 24.5 Å². The number of nitrogens with zero attached hydrogens (tertiary/aromatic N) is 1. The molecule has 0 radical (unpaired) electrons. The van der Waals surface area contributed by atoms with Crippen LogP contribution in [0.5, 0.6) is 5.75 Å². The monoisotopic (exact) mass is 222 g/mol. The minimum atomic E-state index is 0.239. The summed E-state index contributed by atoms with van der Waals surface area (Å²) >= 11 is 0. The highest BCUT2D eigenvalue weighted by molar-refractivity contribution is 5.22. The van der Waals surface area contributed by atoms with Crippen LogP contribution in [0.25, 0.3) is 0 Å². The maximum Gasteiger partial charge on any atom is 0.122 e. The Kier molecular flexibility index (Phi) is 4.13. The van der Waals surface area contributed by atoms with Crippen molar-refractivity contribution >= 4 is 0 Å². The summed E-state index contributed by atoms with van der Waals surface area (Å²) in [5, 5.41) is 0. The molecule has 1 saturated heterocycles. The lowest BCUT2D eigenvalue weighted by Gasteiger charge is -2.22. The zero-order valence-electron chi connectivity index (χ0n) is 9.39. The highest BCUT2D eigenvalue weighted by Crippen LogP contribution is 2.16. The highest BCUT2D eigenvalue weighted by atomic mass is 16.5. The standard InChI is InChI=1S/C12H18N2O2/c13-8-10-7-11(4-5-14-10)16-9-12-3-1-2-6-15-12/h4-5,7,12H,1-3,6,8-9,13H2. The Morgan fingerprint density at radius 2 is 2.44 bits per heavy atom. The van der Waals surface area contributed by atoms with Gasteiger partial charge in [0.15, 0.2) is 0 Å². The Hall–Kier alpha value is -1.13. The van der Waals surface area contributed by atoms with Gasteiger partial charge in [0.05, 0.1) is 11.8 Å². The molecule has 88 valence electrons. The lowest BCUT2D eigenvalue weighted by molar-refractivity contribution is -0.0111. The van der Waals surface area contributed by atoms with Crippen molar-refractivity contribution in [2.45, 2.75) is 31.9 Å². The molecule has 1 aliphatic rings. The molecule has 4 nitrogen and oxygen atoms in total. The average molecular weight is 222 g/mol. The molecule has 2 N–H and O–H groups in total. The molecule has 1 aliphatic heterocycles. The Balaban J connectivity index is 1.83. The summed E-state index contributed by atoms with van der Waals surface area (Å²) in [6.07, 6.45) is 5.46.